The Morgan fingerprint density at radius 1 is 0.784 bits per heavy atom. The van der Waals surface area contributed by atoms with E-state index in [1.807, 2.05) is 43.3 Å². The fourth-order valence-corrected chi connectivity index (χ4v) is 5.29. The molecule has 0 aliphatic rings. The van der Waals surface area contributed by atoms with Crippen LogP contribution in [0, 0.1) is 6.92 Å². The van der Waals surface area contributed by atoms with E-state index in [9.17, 15) is 0 Å². The Morgan fingerprint density at radius 2 is 1.43 bits per heavy atom. The van der Waals surface area contributed by atoms with E-state index in [2.05, 4.69) is 40.5 Å². The quantitative estimate of drug-likeness (QED) is 0.231. The average molecular weight is 531 g/mol. The van der Waals surface area contributed by atoms with Crippen molar-refractivity contribution >= 4 is 87.8 Å². The highest BCUT2D eigenvalue weighted by molar-refractivity contribution is 7.22. The van der Waals surface area contributed by atoms with E-state index < -0.39 is 0 Å². The van der Waals surface area contributed by atoms with E-state index in [0.717, 1.165) is 31.7 Å². The van der Waals surface area contributed by atoms with E-state index in [1.54, 1.807) is 7.11 Å². The van der Waals surface area contributed by atoms with Gasteiger partial charge in [0.05, 0.1) is 27.5 Å². The topological polar surface area (TPSA) is 193 Å². The van der Waals surface area contributed by atoms with Crippen LogP contribution in [-0.2, 0) is 0 Å². The van der Waals surface area contributed by atoms with Gasteiger partial charge < -0.3 is 21.9 Å². The molecule has 15 heteroatoms. The van der Waals surface area contributed by atoms with E-state index in [-0.39, 0.29) is 34.5 Å². The van der Waals surface area contributed by atoms with Gasteiger partial charge in [0, 0.05) is 0 Å². The van der Waals surface area contributed by atoms with E-state index in [1.165, 1.54) is 27.2 Å². The molecule has 6 rings (SSSR count). The second-order valence-electron chi connectivity index (χ2n) is 7.90. The summed E-state index contributed by atoms with van der Waals surface area (Å²) in [5.74, 6) is 0.930. The summed E-state index contributed by atoms with van der Waals surface area (Å²) < 4.78 is 8.47. The summed E-state index contributed by atoms with van der Waals surface area (Å²) in [5.41, 5.74) is 21.9. The van der Waals surface area contributed by atoms with Gasteiger partial charge in [-0.2, -0.15) is 4.52 Å². The third-order valence-corrected chi connectivity index (χ3v) is 7.20. The van der Waals surface area contributed by atoms with Crippen LogP contribution in [0.15, 0.2) is 56.9 Å². The largest absolute Gasteiger partial charge is 0.497 e. The molecular weight excluding hydrogens is 512 g/mol. The Hall–Kier alpha value is -4.76. The van der Waals surface area contributed by atoms with Crippen molar-refractivity contribution in [2.75, 3.05) is 24.3 Å². The number of aryl methyl sites for hydroxylation is 1. The minimum Gasteiger partial charge on any atom is -0.497 e. The highest BCUT2D eigenvalue weighted by Crippen LogP contribution is 2.38. The summed E-state index contributed by atoms with van der Waals surface area (Å²) in [6, 6.07) is 11.5. The lowest BCUT2D eigenvalue weighted by Gasteiger charge is -2.04. The number of rotatable bonds is 5. The molecule has 6 N–H and O–H groups in total. The van der Waals surface area contributed by atoms with Gasteiger partial charge in [0.2, 0.25) is 10.3 Å². The molecule has 6 aromatic rings. The summed E-state index contributed by atoms with van der Waals surface area (Å²) in [6.07, 6.45) is 0. The second-order valence-corrected chi connectivity index (χ2v) is 9.92. The van der Waals surface area contributed by atoms with Gasteiger partial charge in [-0.25, -0.2) is 15.0 Å². The minimum atomic E-state index is 0.0309. The fraction of sp³-hybridized carbons (Fsp3) is 0.0909. The number of nitrogens with zero attached hydrogens (tertiary/aromatic N) is 9. The van der Waals surface area contributed by atoms with Crippen molar-refractivity contribution in [1.29, 1.82) is 0 Å². The Balaban J connectivity index is 1.34. The van der Waals surface area contributed by atoms with Gasteiger partial charge in [-0.3, -0.25) is 0 Å². The molecule has 0 saturated heterocycles. The normalized spacial score (nSPS) is 12.2. The predicted molar refractivity (Wildman–Crippen MR) is 145 cm³/mol. The minimum absolute atomic E-state index is 0.0309. The van der Waals surface area contributed by atoms with Crippen molar-refractivity contribution in [2.24, 2.45) is 20.5 Å². The Labute approximate surface area is 216 Å². The Kier molecular flexibility index (Phi) is 5.35. The van der Waals surface area contributed by atoms with Crippen LogP contribution >= 0.6 is 22.7 Å². The predicted octanol–water partition coefficient (Wildman–Crippen LogP) is 5.84. The van der Waals surface area contributed by atoms with E-state index in [0.29, 0.717) is 10.3 Å². The molecule has 0 unspecified atom stereocenters. The Morgan fingerprint density at radius 3 is 2.14 bits per heavy atom. The molecule has 4 aromatic heterocycles. The Bertz CT molecular complexity index is 1880. The zero-order valence-corrected chi connectivity index (χ0v) is 21.1. The summed E-state index contributed by atoms with van der Waals surface area (Å²) >= 11 is 2.76. The SMILES string of the molecule is COc1ccc2nc(N=Nc3c(N)nc4c(N=Nc5nc6ccc(C)cc6s5)c(N)nn4c3N)sc2c1. The number of benzene rings is 2. The number of azo groups is 2. The maximum Gasteiger partial charge on any atom is 0.231 e. The molecule has 0 aliphatic carbocycles. The summed E-state index contributed by atoms with van der Waals surface area (Å²) in [5, 5.41) is 22.0. The number of hydrogen-bond donors (Lipinski definition) is 3. The number of thiazole rings is 2. The fourth-order valence-electron chi connectivity index (χ4n) is 3.59. The first kappa shape index (κ1) is 22.7. The van der Waals surface area contributed by atoms with Gasteiger partial charge in [0.1, 0.15) is 5.75 Å². The van der Waals surface area contributed by atoms with Gasteiger partial charge in [-0.05, 0) is 42.8 Å². The van der Waals surface area contributed by atoms with Crippen LogP contribution in [0.3, 0.4) is 0 Å². The lowest BCUT2D eigenvalue weighted by atomic mass is 10.2. The van der Waals surface area contributed by atoms with Crippen LogP contribution in [0.25, 0.3) is 26.1 Å². The number of nitrogens with two attached hydrogens (primary N) is 3. The first-order chi connectivity index (χ1) is 17.9. The molecule has 184 valence electrons. The third kappa shape index (κ3) is 4.05. The number of methoxy groups -OCH3 is 1. The molecule has 0 amide bonds. The van der Waals surface area contributed by atoms with Crippen molar-refractivity contribution in [3.8, 4) is 5.75 Å². The molecule has 0 saturated carbocycles. The molecule has 2 aromatic carbocycles. The molecule has 0 atom stereocenters. The van der Waals surface area contributed by atoms with Crippen LogP contribution < -0.4 is 21.9 Å². The summed E-state index contributed by atoms with van der Waals surface area (Å²) in [7, 11) is 1.61. The molecular formula is C22H18N12OS2. The molecule has 0 spiro atoms. The smallest absolute Gasteiger partial charge is 0.231 e. The zero-order chi connectivity index (χ0) is 25.7. The number of nitrogen functional groups attached to an aromatic ring is 3. The van der Waals surface area contributed by atoms with Gasteiger partial charge in [0.15, 0.2) is 34.5 Å². The highest BCUT2D eigenvalue weighted by Gasteiger charge is 2.19. The van der Waals surface area contributed by atoms with Crippen LogP contribution in [-0.4, -0.2) is 31.7 Å². The standard InChI is InChI=1S/C22H18N12OS2/c1-9-3-5-11-13(7-9)36-22(26-11)32-30-16-18(24)33-34-19(25)15(17(23)28-20(16)34)29-31-21-27-12-6-4-10(35-2)8-14(12)37-21/h3-8H,25H2,1-2H3,(H2,23,28)(H2,24,33). The second kappa shape index (κ2) is 8.72. The van der Waals surface area contributed by atoms with Crippen molar-refractivity contribution in [2.45, 2.75) is 6.92 Å². The third-order valence-electron chi connectivity index (χ3n) is 5.39. The number of anilines is 3. The number of aromatic nitrogens is 5. The summed E-state index contributed by atoms with van der Waals surface area (Å²) in [6.45, 7) is 2.02. The zero-order valence-electron chi connectivity index (χ0n) is 19.4. The lowest BCUT2D eigenvalue weighted by molar-refractivity contribution is 0.415. The van der Waals surface area contributed by atoms with Crippen LogP contribution in [0.1, 0.15) is 5.56 Å². The van der Waals surface area contributed by atoms with Crippen LogP contribution in [0.2, 0.25) is 0 Å². The van der Waals surface area contributed by atoms with Gasteiger partial charge >= 0.3 is 0 Å². The van der Waals surface area contributed by atoms with Gasteiger partial charge in [0.25, 0.3) is 0 Å². The maximum absolute atomic E-state index is 6.31. The van der Waals surface area contributed by atoms with Crippen molar-refractivity contribution in [1.82, 2.24) is 24.6 Å². The monoisotopic (exact) mass is 530 g/mol. The van der Waals surface area contributed by atoms with Crippen LogP contribution in [0.4, 0.5) is 39.1 Å². The first-order valence-corrected chi connectivity index (χ1v) is 12.4. The average Bonchev–Trinajstić information content (AvgIpc) is 3.56. The molecule has 13 nitrogen and oxygen atoms in total. The van der Waals surface area contributed by atoms with Crippen molar-refractivity contribution in [3.63, 3.8) is 0 Å². The number of hydrogen-bond acceptors (Lipinski definition) is 14. The number of ether oxygens (including phenoxy) is 1. The number of fused-ring (bicyclic) bond motifs is 3. The molecule has 37 heavy (non-hydrogen) atoms. The molecule has 4 heterocycles. The van der Waals surface area contributed by atoms with Crippen LogP contribution in [0.5, 0.6) is 5.75 Å². The maximum atomic E-state index is 6.31. The highest BCUT2D eigenvalue weighted by atomic mass is 32.1. The van der Waals surface area contributed by atoms with Crippen molar-refractivity contribution < 1.29 is 4.74 Å². The van der Waals surface area contributed by atoms with Gasteiger partial charge in [-0.1, -0.05) is 28.7 Å². The first-order valence-electron chi connectivity index (χ1n) is 10.8. The molecule has 0 aliphatic heterocycles. The van der Waals surface area contributed by atoms with E-state index >= 15 is 0 Å². The van der Waals surface area contributed by atoms with Gasteiger partial charge in [-0.15, -0.1) is 25.6 Å². The summed E-state index contributed by atoms with van der Waals surface area (Å²) in [4.78, 5) is 13.3. The van der Waals surface area contributed by atoms with Crippen molar-refractivity contribution in [3.05, 3.63) is 42.0 Å². The molecule has 0 bridgehead atoms. The molecule has 0 radical (unpaired) electrons. The molecule has 0 fully saturated rings. The lowest BCUT2D eigenvalue weighted by Crippen LogP contribution is -2.04. The van der Waals surface area contributed by atoms with E-state index in [4.69, 9.17) is 21.9 Å².